The van der Waals surface area contributed by atoms with Gasteiger partial charge in [-0.05, 0) is 39.7 Å². The van der Waals surface area contributed by atoms with Crippen LogP contribution in [-0.2, 0) is 5.60 Å². The van der Waals surface area contributed by atoms with E-state index >= 15 is 0 Å². The topological polar surface area (TPSA) is 74.5 Å². The summed E-state index contributed by atoms with van der Waals surface area (Å²) in [6, 6.07) is 1.87. The monoisotopic (exact) mass is 280 g/mol. The third-order valence-electron chi connectivity index (χ3n) is 3.90. The fourth-order valence-electron chi connectivity index (χ4n) is 2.82. The highest BCUT2D eigenvalue weighted by Gasteiger charge is 2.28. The van der Waals surface area contributed by atoms with E-state index in [2.05, 4.69) is 10.6 Å². The van der Waals surface area contributed by atoms with Gasteiger partial charge in [-0.15, -0.1) is 0 Å². The summed E-state index contributed by atoms with van der Waals surface area (Å²) in [7, 11) is 0. The molecule has 5 nitrogen and oxygen atoms in total. The molecule has 1 unspecified atom stereocenters. The number of carbonyl (C=O) groups is 1. The van der Waals surface area contributed by atoms with Gasteiger partial charge in [-0.2, -0.15) is 0 Å². The van der Waals surface area contributed by atoms with E-state index in [0.717, 1.165) is 24.2 Å². The molecule has 1 aliphatic carbocycles. The molecule has 1 aromatic rings. The van der Waals surface area contributed by atoms with Crippen LogP contribution in [0.5, 0.6) is 0 Å². The van der Waals surface area contributed by atoms with Crippen LogP contribution in [0.1, 0.15) is 49.7 Å². The number of urea groups is 1. The van der Waals surface area contributed by atoms with Gasteiger partial charge in [0, 0.05) is 11.6 Å². The Labute approximate surface area is 119 Å². The van der Waals surface area contributed by atoms with E-state index in [-0.39, 0.29) is 18.6 Å². The van der Waals surface area contributed by atoms with Crippen molar-refractivity contribution in [3.05, 3.63) is 23.2 Å². The normalized spacial score (nSPS) is 18.8. The van der Waals surface area contributed by atoms with Crippen molar-refractivity contribution in [1.29, 1.82) is 0 Å². The fourth-order valence-corrected chi connectivity index (χ4v) is 2.82. The van der Waals surface area contributed by atoms with Gasteiger partial charge < -0.3 is 20.2 Å². The molecule has 20 heavy (non-hydrogen) atoms. The maximum Gasteiger partial charge on any atom is 0.315 e. The van der Waals surface area contributed by atoms with Crippen molar-refractivity contribution >= 4 is 6.03 Å². The first-order valence-corrected chi connectivity index (χ1v) is 7.23. The summed E-state index contributed by atoms with van der Waals surface area (Å²) >= 11 is 0. The molecule has 0 radical (unpaired) electrons. The molecular weight excluding hydrogens is 256 g/mol. The Morgan fingerprint density at radius 3 is 2.65 bits per heavy atom. The van der Waals surface area contributed by atoms with Crippen LogP contribution in [0.3, 0.4) is 0 Å². The van der Waals surface area contributed by atoms with Gasteiger partial charge in [0.25, 0.3) is 0 Å². The number of amides is 2. The van der Waals surface area contributed by atoms with Crippen molar-refractivity contribution in [3.8, 4) is 0 Å². The van der Waals surface area contributed by atoms with Crippen molar-refractivity contribution in [3.63, 3.8) is 0 Å². The number of nitrogens with one attached hydrogen (secondary N) is 2. The summed E-state index contributed by atoms with van der Waals surface area (Å²) < 4.78 is 5.43. The Bertz CT molecular complexity index is 473. The summed E-state index contributed by atoms with van der Waals surface area (Å²) in [5, 5.41) is 16.2. The highest BCUT2D eigenvalue weighted by Crippen LogP contribution is 2.26. The molecule has 1 saturated carbocycles. The summed E-state index contributed by atoms with van der Waals surface area (Å²) in [6.45, 7) is 5.49. The molecule has 0 bridgehead atoms. The summed E-state index contributed by atoms with van der Waals surface area (Å²) in [6.07, 6.45) is 4.44. The van der Waals surface area contributed by atoms with Crippen LogP contribution in [0.15, 0.2) is 10.5 Å². The van der Waals surface area contributed by atoms with Gasteiger partial charge in [-0.1, -0.05) is 12.8 Å². The zero-order chi connectivity index (χ0) is 14.8. The molecule has 3 N–H and O–H groups in total. The van der Waals surface area contributed by atoms with E-state index in [1.807, 2.05) is 19.9 Å². The lowest BCUT2D eigenvalue weighted by molar-refractivity contribution is 0.0577. The fraction of sp³-hybridized carbons (Fsp3) is 0.667. The minimum atomic E-state index is -1.13. The molecule has 2 amide bonds. The first-order chi connectivity index (χ1) is 9.38. The molecular formula is C15H24N2O3. The SMILES string of the molecule is Cc1cc(C(C)(O)CNC(=O)NC2CCCC2)c(C)o1. The van der Waals surface area contributed by atoms with Gasteiger partial charge in [0.2, 0.25) is 0 Å². The standard InChI is InChI=1S/C15H24N2O3/c1-10-8-13(11(2)20-10)15(3,19)9-16-14(18)17-12-6-4-5-7-12/h8,12,19H,4-7,9H2,1-3H3,(H2,16,17,18). The predicted molar refractivity (Wildman–Crippen MR) is 76.5 cm³/mol. The minimum Gasteiger partial charge on any atom is -0.466 e. The lowest BCUT2D eigenvalue weighted by Crippen LogP contribution is -2.46. The summed E-state index contributed by atoms with van der Waals surface area (Å²) in [5.41, 5.74) is -0.411. The van der Waals surface area contributed by atoms with Gasteiger partial charge >= 0.3 is 6.03 Å². The Hall–Kier alpha value is -1.49. The van der Waals surface area contributed by atoms with Crippen LogP contribution < -0.4 is 10.6 Å². The van der Waals surface area contributed by atoms with E-state index < -0.39 is 5.60 Å². The number of carbonyl (C=O) groups excluding carboxylic acids is 1. The van der Waals surface area contributed by atoms with Crippen molar-refractivity contribution in [2.45, 2.75) is 58.1 Å². The Morgan fingerprint density at radius 1 is 1.45 bits per heavy atom. The second kappa shape index (κ2) is 5.87. The van der Waals surface area contributed by atoms with Crippen LogP contribution in [0, 0.1) is 13.8 Å². The van der Waals surface area contributed by atoms with Crippen molar-refractivity contribution in [1.82, 2.24) is 10.6 Å². The Morgan fingerprint density at radius 2 is 2.10 bits per heavy atom. The number of aryl methyl sites for hydroxylation is 2. The minimum absolute atomic E-state index is 0.158. The molecule has 1 heterocycles. The molecule has 112 valence electrons. The van der Waals surface area contributed by atoms with Gasteiger partial charge in [0.1, 0.15) is 17.1 Å². The molecule has 0 spiro atoms. The highest BCUT2D eigenvalue weighted by atomic mass is 16.3. The van der Waals surface area contributed by atoms with E-state index in [1.165, 1.54) is 12.8 Å². The van der Waals surface area contributed by atoms with Crippen molar-refractivity contribution in [2.24, 2.45) is 0 Å². The van der Waals surface area contributed by atoms with Crippen LogP contribution in [0.2, 0.25) is 0 Å². The van der Waals surface area contributed by atoms with E-state index in [9.17, 15) is 9.90 Å². The van der Waals surface area contributed by atoms with Gasteiger partial charge in [-0.3, -0.25) is 0 Å². The van der Waals surface area contributed by atoms with Crippen LogP contribution in [-0.4, -0.2) is 23.7 Å². The lowest BCUT2D eigenvalue weighted by atomic mass is 9.96. The number of hydrogen-bond acceptors (Lipinski definition) is 3. The smallest absolute Gasteiger partial charge is 0.315 e. The van der Waals surface area contributed by atoms with Gasteiger partial charge in [0.05, 0.1) is 6.54 Å². The van der Waals surface area contributed by atoms with E-state index in [4.69, 9.17) is 4.42 Å². The molecule has 1 aliphatic rings. The van der Waals surface area contributed by atoms with Crippen molar-refractivity contribution in [2.75, 3.05) is 6.54 Å². The predicted octanol–water partition coefficient (Wildman–Crippen LogP) is 2.35. The van der Waals surface area contributed by atoms with Gasteiger partial charge in [0.15, 0.2) is 0 Å². The van der Waals surface area contributed by atoms with E-state index in [0.29, 0.717) is 5.76 Å². The average Bonchev–Trinajstić information content (AvgIpc) is 2.97. The maximum absolute atomic E-state index is 11.8. The molecule has 1 atom stereocenters. The van der Waals surface area contributed by atoms with E-state index in [1.54, 1.807) is 6.92 Å². The highest BCUT2D eigenvalue weighted by molar-refractivity contribution is 5.74. The maximum atomic E-state index is 11.8. The number of aliphatic hydroxyl groups is 1. The summed E-state index contributed by atoms with van der Waals surface area (Å²) in [4.78, 5) is 11.8. The lowest BCUT2D eigenvalue weighted by Gasteiger charge is -2.24. The van der Waals surface area contributed by atoms with Crippen molar-refractivity contribution < 1.29 is 14.3 Å². The quantitative estimate of drug-likeness (QED) is 0.792. The largest absolute Gasteiger partial charge is 0.466 e. The molecule has 2 rings (SSSR count). The molecule has 0 aromatic carbocycles. The first-order valence-electron chi connectivity index (χ1n) is 7.23. The zero-order valence-corrected chi connectivity index (χ0v) is 12.5. The average molecular weight is 280 g/mol. The Kier molecular flexibility index (Phi) is 4.38. The number of hydrogen-bond donors (Lipinski definition) is 3. The number of furan rings is 1. The summed E-state index contributed by atoms with van der Waals surface area (Å²) in [5.74, 6) is 1.44. The molecule has 0 saturated heterocycles. The third-order valence-corrected chi connectivity index (χ3v) is 3.90. The second-order valence-corrected chi connectivity index (χ2v) is 5.91. The van der Waals surface area contributed by atoms with Crippen LogP contribution in [0.4, 0.5) is 4.79 Å². The van der Waals surface area contributed by atoms with Crippen LogP contribution in [0.25, 0.3) is 0 Å². The van der Waals surface area contributed by atoms with Gasteiger partial charge in [-0.25, -0.2) is 4.79 Å². The zero-order valence-electron chi connectivity index (χ0n) is 12.5. The second-order valence-electron chi connectivity index (χ2n) is 5.91. The third kappa shape index (κ3) is 3.54. The first kappa shape index (κ1) is 14.9. The number of rotatable bonds is 4. The Balaban J connectivity index is 1.88. The molecule has 0 aliphatic heterocycles. The molecule has 5 heteroatoms. The van der Waals surface area contributed by atoms with Crippen LogP contribution >= 0.6 is 0 Å². The molecule has 1 aromatic heterocycles. The molecule has 1 fully saturated rings.